The van der Waals surface area contributed by atoms with Crippen molar-refractivity contribution in [1.82, 2.24) is 24.7 Å². The van der Waals surface area contributed by atoms with Crippen LogP contribution in [0.3, 0.4) is 0 Å². The minimum absolute atomic E-state index is 0.0676. The van der Waals surface area contributed by atoms with Crippen molar-refractivity contribution in [2.24, 2.45) is 0 Å². The van der Waals surface area contributed by atoms with Crippen LogP contribution in [-0.4, -0.2) is 31.3 Å². The number of hydrogen-bond donors (Lipinski definition) is 1. The van der Waals surface area contributed by atoms with Gasteiger partial charge in [-0.3, -0.25) is 4.79 Å². The van der Waals surface area contributed by atoms with Gasteiger partial charge in [0.2, 0.25) is 5.82 Å². The molecule has 0 amide bonds. The van der Waals surface area contributed by atoms with Crippen molar-refractivity contribution < 1.29 is 13.2 Å². The number of aromatic amines is 1. The molecule has 11 heteroatoms. The Morgan fingerprint density at radius 1 is 1.29 bits per heavy atom. The summed E-state index contributed by atoms with van der Waals surface area (Å²) in [5.74, 6) is -0.459. The number of halogens is 4. The fourth-order valence-electron chi connectivity index (χ4n) is 2.14. The highest BCUT2D eigenvalue weighted by molar-refractivity contribution is 9.10. The molecular formula is C10H8BrF3N6O. The lowest BCUT2D eigenvalue weighted by atomic mass is 10.3. The van der Waals surface area contributed by atoms with E-state index in [-0.39, 0.29) is 35.5 Å². The Morgan fingerprint density at radius 3 is 2.76 bits per heavy atom. The molecule has 1 aliphatic rings. The van der Waals surface area contributed by atoms with Gasteiger partial charge in [-0.1, -0.05) is 0 Å². The number of H-pyrrole nitrogens is 1. The fourth-order valence-corrected chi connectivity index (χ4v) is 2.61. The van der Waals surface area contributed by atoms with Gasteiger partial charge < -0.3 is 14.5 Å². The molecule has 3 heterocycles. The van der Waals surface area contributed by atoms with Gasteiger partial charge in [-0.05, 0) is 15.9 Å². The van der Waals surface area contributed by atoms with Gasteiger partial charge in [-0.15, -0.1) is 10.2 Å². The van der Waals surface area contributed by atoms with E-state index < -0.39 is 12.0 Å². The molecule has 21 heavy (non-hydrogen) atoms. The number of alkyl halides is 3. The molecule has 2 aromatic rings. The van der Waals surface area contributed by atoms with Crippen LogP contribution in [0, 0.1) is 0 Å². The third kappa shape index (κ3) is 2.41. The number of aromatic nitrogens is 5. The zero-order valence-electron chi connectivity index (χ0n) is 10.4. The molecule has 1 N–H and O–H groups in total. The molecule has 0 unspecified atom stereocenters. The summed E-state index contributed by atoms with van der Waals surface area (Å²) >= 11 is 3.12. The predicted molar refractivity (Wildman–Crippen MR) is 68.6 cm³/mol. The number of fused-ring (bicyclic) bond motifs is 1. The molecule has 1 aliphatic heterocycles. The third-order valence-electron chi connectivity index (χ3n) is 3.08. The van der Waals surface area contributed by atoms with Gasteiger partial charge in [-0.2, -0.15) is 13.2 Å². The van der Waals surface area contributed by atoms with Gasteiger partial charge >= 0.3 is 6.18 Å². The molecule has 3 rings (SSSR count). The molecule has 112 valence electrons. The Hall–Kier alpha value is -1.91. The van der Waals surface area contributed by atoms with Crippen LogP contribution >= 0.6 is 15.9 Å². The fraction of sp³-hybridized carbons (Fsp3) is 0.400. The second kappa shape index (κ2) is 4.83. The Balaban J connectivity index is 1.94. The van der Waals surface area contributed by atoms with Crippen molar-refractivity contribution in [3.63, 3.8) is 0 Å². The zero-order chi connectivity index (χ0) is 15.2. The Morgan fingerprint density at radius 2 is 2.05 bits per heavy atom. The molecule has 0 fully saturated rings. The van der Waals surface area contributed by atoms with Crippen molar-refractivity contribution in [2.45, 2.75) is 19.3 Å². The lowest BCUT2D eigenvalue weighted by molar-refractivity contribution is -0.147. The van der Waals surface area contributed by atoms with E-state index in [0.717, 1.165) is 4.57 Å². The van der Waals surface area contributed by atoms with Gasteiger partial charge in [-0.25, -0.2) is 4.98 Å². The minimum atomic E-state index is -4.53. The highest BCUT2D eigenvalue weighted by Crippen LogP contribution is 2.30. The Kier molecular flexibility index (Phi) is 3.23. The van der Waals surface area contributed by atoms with E-state index in [2.05, 4.69) is 36.1 Å². The van der Waals surface area contributed by atoms with Crippen molar-refractivity contribution in [1.29, 1.82) is 0 Å². The maximum absolute atomic E-state index is 12.7. The summed E-state index contributed by atoms with van der Waals surface area (Å²) in [6, 6.07) is 0. The van der Waals surface area contributed by atoms with Crippen molar-refractivity contribution in [2.75, 3.05) is 11.4 Å². The molecule has 0 saturated heterocycles. The van der Waals surface area contributed by atoms with E-state index in [1.54, 1.807) is 4.90 Å². The summed E-state index contributed by atoms with van der Waals surface area (Å²) < 4.78 is 39.5. The number of nitrogens with one attached hydrogen (secondary N) is 1. The predicted octanol–water partition coefficient (Wildman–Crippen LogP) is 1.16. The topological polar surface area (TPSA) is 79.7 Å². The van der Waals surface area contributed by atoms with Gasteiger partial charge in [0.05, 0.1) is 12.9 Å². The van der Waals surface area contributed by atoms with Gasteiger partial charge in [0.1, 0.15) is 4.47 Å². The maximum atomic E-state index is 12.7. The lowest BCUT2D eigenvalue weighted by Crippen LogP contribution is -2.36. The number of rotatable bonds is 1. The van der Waals surface area contributed by atoms with Crippen LogP contribution in [-0.2, 0) is 19.3 Å². The maximum Gasteiger partial charge on any atom is 0.451 e. The number of nitrogens with zero attached hydrogens (tertiary/aromatic N) is 5. The van der Waals surface area contributed by atoms with E-state index in [4.69, 9.17) is 0 Å². The lowest BCUT2D eigenvalue weighted by Gasteiger charge is -2.29. The average Bonchev–Trinajstić information content (AvgIpc) is 2.84. The van der Waals surface area contributed by atoms with E-state index >= 15 is 0 Å². The molecule has 2 aromatic heterocycles. The van der Waals surface area contributed by atoms with Crippen LogP contribution < -0.4 is 10.5 Å². The van der Waals surface area contributed by atoms with Crippen LogP contribution in [0.4, 0.5) is 19.0 Å². The first-order valence-corrected chi connectivity index (χ1v) is 6.64. The molecule has 7 nitrogen and oxygen atoms in total. The zero-order valence-corrected chi connectivity index (χ0v) is 11.9. The van der Waals surface area contributed by atoms with E-state index in [1.807, 2.05) is 0 Å². The average molecular weight is 365 g/mol. The first kappa shape index (κ1) is 14.0. The molecule has 0 radical (unpaired) electrons. The molecule has 0 bridgehead atoms. The van der Waals surface area contributed by atoms with Crippen LogP contribution in [0.25, 0.3) is 0 Å². The van der Waals surface area contributed by atoms with E-state index in [1.165, 1.54) is 6.33 Å². The summed E-state index contributed by atoms with van der Waals surface area (Å²) in [7, 11) is 0. The van der Waals surface area contributed by atoms with Gasteiger partial charge in [0, 0.05) is 13.1 Å². The largest absolute Gasteiger partial charge is 0.451 e. The normalized spacial score (nSPS) is 15.1. The smallest absolute Gasteiger partial charge is 0.346 e. The van der Waals surface area contributed by atoms with Gasteiger partial charge in [0.25, 0.3) is 5.56 Å². The summed E-state index contributed by atoms with van der Waals surface area (Å²) in [4.78, 5) is 19.6. The first-order valence-electron chi connectivity index (χ1n) is 5.85. The van der Waals surface area contributed by atoms with Crippen molar-refractivity contribution in [3.8, 4) is 0 Å². The second-order valence-corrected chi connectivity index (χ2v) is 5.17. The highest BCUT2D eigenvalue weighted by Gasteiger charge is 2.39. The van der Waals surface area contributed by atoms with Crippen LogP contribution in [0.5, 0.6) is 0 Å². The summed E-state index contributed by atoms with van der Waals surface area (Å²) in [5, 5.41) is 6.77. The molecular weight excluding hydrogens is 357 g/mol. The molecule has 0 aromatic carbocycles. The molecule has 0 atom stereocenters. The molecule has 0 saturated carbocycles. The van der Waals surface area contributed by atoms with Crippen molar-refractivity contribution in [3.05, 3.63) is 32.8 Å². The highest BCUT2D eigenvalue weighted by atomic mass is 79.9. The second-order valence-electron chi connectivity index (χ2n) is 4.38. The minimum Gasteiger partial charge on any atom is -0.346 e. The quantitative estimate of drug-likeness (QED) is 0.821. The Bertz CT molecular complexity index is 739. The van der Waals surface area contributed by atoms with Crippen LogP contribution in [0.15, 0.2) is 15.6 Å². The van der Waals surface area contributed by atoms with Gasteiger partial charge in [0.15, 0.2) is 11.6 Å². The monoisotopic (exact) mass is 364 g/mol. The van der Waals surface area contributed by atoms with E-state index in [9.17, 15) is 18.0 Å². The van der Waals surface area contributed by atoms with Crippen LogP contribution in [0.2, 0.25) is 0 Å². The molecule has 0 aliphatic carbocycles. The SMILES string of the molecule is O=c1[nH]cnc(N2CCn3c(nnc3C(F)(F)F)C2)c1Br. The summed E-state index contributed by atoms with van der Waals surface area (Å²) in [5.41, 5.74) is -0.358. The number of hydrogen-bond acceptors (Lipinski definition) is 5. The standard InChI is InChI=1S/C10H8BrF3N6O/c11-6-7(15-4-16-8(6)21)19-1-2-20-5(3-19)17-18-9(20)10(12,13)14/h4H,1-3H2,(H,15,16,21). The van der Waals surface area contributed by atoms with Crippen LogP contribution in [0.1, 0.15) is 11.6 Å². The first-order chi connectivity index (χ1) is 9.88. The number of anilines is 1. The summed E-state index contributed by atoms with van der Waals surface area (Å²) in [6.07, 6.45) is -3.29. The summed E-state index contributed by atoms with van der Waals surface area (Å²) in [6.45, 7) is 0.430. The van der Waals surface area contributed by atoms with Crippen molar-refractivity contribution >= 4 is 21.7 Å². The third-order valence-corrected chi connectivity index (χ3v) is 3.80. The molecule has 0 spiro atoms. The van der Waals surface area contributed by atoms with E-state index in [0.29, 0.717) is 5.82 Å². The Labute approximate surface area is 123 Å².